The molecule has 1 aromatic heterocycles. The van der Waals surface area contributed by atoms with Crippen LogP contribution in [0.1, 0.15) is 112 Å². The molecule has 4 heterocycles. The molecule has 3 aromatic carbocycles. The number of rotatable bonds is 15. The Hall–Kier alpha value is -6.31. The Morgan fingerprint density at radius 3 is 1.79 bits per heavy atom. The van der Waals surface area contributed by atoms with Crippen molar-refractivity contribution in [2.24, 2.45) is 28.7 Å². The zero-order valence-corrected chi connectivity index (χ0v) is 38.4. The second-order valence-electron chi connectivity index (χ2n) is 18.1. The van der Waals surface area contributed by atoms with Gasteiger partial charge in [-0.3, -0.25) is 24.2 Å². The molecule has 0 saturated carbocycles. The molecule has 0 unspecified atom stereocenters. The fraction of sp³-hybridized carbons (Fsp3) is 0.423. The Balaban J connectivity index is 1.08. The second kappa shape index (κ2) is 20.5. The highest BCUT2D eigenvalue weighted by atomic mass is 19.4. The van der Waals surface area contributed by atoms with Crippen LogP contribution in [0.2, 0.25) is 0 Å². The topological polar surface area (TPSA) is 134 Å². The van der Waals surface area contributed by atoms with Crippen molar-refractivity contribution in [2.75, 3.05) is 27.3 Å². The van der Waals surface area contributed by atoms with Gasteiger partial charge in [-0.15, -0.1) is 0 Å². The number of halogens is 3. The van der Waals surface area contributed by atoms with E-state index < -0.39 is 35.5 Å². The molecule has 4 aromatic rings. The summed E-state index contributed by atoms with van der Waals surface area (Å²) < 4.78 is 50.6. The first-order chi connectivity index (χ1) is 31.6. The van der Waals surface area contributed by atoms with Crippen LogP contribution in [0.25, 0.3) is 28.5 Å². The third kappa shape index (κ3) is 10.7. The number of aromatic amines is 1. The fourth-order valence-electron chi connectivity index (χ4n) is 9.30. The van der Waals surface area contributed by atoms with Crippen molar-refractivity contribution in [3.05, 3.63) is 119 Å². The molecule has 7 rings (SSSR count). The monoisotopic (exact) mass is 905 g/mol. The summed E-state index contributed by atoms with van der Waals surface area (Å²) in [6.07, 6.45) is 4.88. The third-order valence-corrected chi connectivity index (χ3v) is 13.2. The molecular weight excluding hydrogens is 848 g/mol. The summed E-state index contributed by atoms with van der Waals surface area (Å²) >= 11 is 0. The van der Waals surface area contributed by atoms with Crippen LogP contribution in [0.4, 0.5) is 13.2 Å². The number of nitrogens with zero attached hydrogens (tertiary/aromatic N) is 4. The SMILES string of the molecule is COC(=O)C[C@H](C(=O)N1CCC[C@H]1C1=NC=C(c2ccc(C(=Cc3ccc(-c4cnc([C@@H]5CCCN5C(=O)[C@@H](CC(=O)OC)C(C)C)[nH]4)cc3)c3ccc(C(F)(F)F)cc3)cc2)C1)C(C)C. The molecule has 0 aliphatic carbocycles. The van der Waals surface area contributed by atoms with Gasteiger partial charge in [-0.05, 0) is 94.7 Å². The largest absolute Gasteiger partial charge is 0.469 e. The second-order valence-corrected chi connectivity index (χ2v) is 18.1. The molecule has 2 amide bonds. The molecule has 0 radical (unpaired) electrons. The van der Waals surface area contributed by atoms with Gasteiger partial charge in [0.15, 0.2) is 0 Å². The zero-order valence-electron chi connectivity index (χ0n) is 38.4. The number of hydrogen-bond acceptors (Lipinski definition) is 8. The zero-order chi connectivity index (χ0) is 47.3. The minimum Gasteiger partial charge on any atom is -0.469 e. The van der Waals surface area contributed by atoms with Crippen molar-refractivity contribution in [3.8, 4) is 11.3 Å². The molecule has 11 nitrogen and oxygen atoms in total. The number of nitrogens with one attached hydrogen (secondary N) is 1. The number of likely N-dealkylation sites (tertiary alicyclic amines) is 2. The molecule has 2 fully saturated rings. The van der Waals surface area contributed by atoms with E-state index in [1.807, 2.05) is 98.3 Å². The van der Waals surface area contributed by atoms with Gasteiger partial charge in [-0.25, -0.2) is 4.98 Å². The number of esters is 2. The smallest absolute Gasteiger partial charge is 0.416 e. The molecule has 14 heteroatoms. The van der Waals surface area contributed by atoms with E-state index in [1.165, 1.54) is 26.4 Å². The number of hydrogen-bond donors (Lipinski definition) is 1. The van der Waals surface area contributed by atoms with E-state index in [0.717, 1.165) is 82.6 Å². The van der Waals surface area contributed by atoms with Gasteiger partial charge in [0.25, 0.3) is 0 Å². The highest BCUT2D eigenvalue weighted by Crippen LogP contribution is 2.37. The van der Waals surface area contributed by atoms with Gasteiger partial charge in [-0.2, -0.15) is 13.2 Å². The maximum Gasteiger partial charge on any atom is 0.416 e. The van der Waals surface area contributed by atoms with Gasteiger partial charge in [0.2, 0.25) is 11.8 Å². The molecule has 3 aliphatic rings. The van der Waals surface area contributed by atoms with Crippen LogP contribution in [0, 0.1) is 23.7 Å². The number of aromatic nitrogens is 2. The highest BCUT2D eigenvalue weighted by Gasteiger charge is 2.40. The van der Waals surface area contributed by atoms with Crippen LogP contribution in [0.5, 0.6) is 0 Å². The lowest BCUT2D eigenvalue weighted by Gasteiger charge is -2.30. The summed E-state index contributed by atoms with van der Waals surface area (Å²) in [4.78, 5) is 68.3. The predicted octanol–water partition coefficient (Wildman–Crippen LogP) is 10.2. The summed E-state index contributed by atoms with van der Waals surface area (Å²) in [6, 6.07) is 20.4. The van der Waals surface area contributed by atoms with E-state index in [4.69, 9.17) is 14.5 Å². The normalized spacial score (nSPS) is 18.7. The number of ether oxygens (including phenoxy) is 2. The van der Waals surface area contributed by atoms with Crippen molar-refractivity contribution >= 4 is 46.7 Å². The van der Waals surface area contributed by atoms with Gasteiger partial charge in [-0.1, -0.05) is 88.4 Å². The van der Waals surface area contributed by atoms with Crippen LogP contribution >= 0.6 is 0 Å². The summed E-state index contributed by atoms with van der Waals surface area (Å²) in [5.74, 6) is -1.34. The molecular formula is C52H58F3N5O6. The number of alkyl halides is 3. The number of aliphatic imine (C=N–C) groups is 1. The molecule has 1 N–H and O–H groups in total. The average molecular weight is 906 g/mol. The van der Waals surface area contributed by atoms with Crippen LogP contribution in [0.3, 0.4) is 0 Å². The first kappa shape index (κ1) is 47.6. The summed E-state index contributed by atoms with van der Waals surface area (Å²) in [5.41, 5.74) is 6.73. The van der Waals surface area contributed by atoms with E-state index in [1.54, 1.807) is 6.20 Å². The number of benzene rings is 3. The van der Waals surface area contributed by atoms with Crippen molar-refractivity contribution in [1.29, 1.82) is 0 Å². The Labute approximate surface area is 384 Å². The first-order valence-electron chi connectivity index (χ1n) is 22.7. The van der Waals surface area contributed by atoms with E-state index >= 15 is 0 Å². The fourth-order valence-corrected chi connectivity index (χ4v) is 9.30. The number of carbonyl (C=O) groups is 4. The van der Waals surface area contributed by atoms with Crippen LogP contribution in [0.15, 0.2) is 90.2 Å². The summed E-state index contributed by atoms with van der Waals surface area (Å²) in [7, 11) is 2.66. The number of amides is 2. The predicted molar refractivity (Wildman–Crippen MR) is 247 cm³/mol. The molecule has 4 atom stereocenters. The Bertz CT molecular complexity index is 2490. The van der Waals surface area contributed by atoms with Gasteiger partial charge in [0.1, 0.15) is 5.82 Å². The number of H-pyrrole nitrogens is 1. The van der Waals surface area contributed by atoms with Gasteiger partial charge in [0, 0.05) is 31.4 Å². The van der Waals surface area contributed by atoms with E-state index in [-0.39, 0.29) is 48.6 Å². The Morgan fingerprint density at radius 1 is 0.742 bits per heavy atom. The van der Waals surface area contributed by atoms with Crippen LogP contribution < -0.4 is 0 Å². The minimum absolute atomic E-state index is 0.0215. The number of allylic oxidation sites excluding steroid dienone is 1. The summed E-state index contributed by atoms with van der Waals surface area (Å²) in [5, 5.41) is 0. The van der Waals surface area contributed by atoms with E-state index in [0.29, 0.717) is 30.9 Å². The van der Waals surface area contributed by atoms with Gasteiger partial charge >= 0.3 is 18.1 Å². The Morgan fingerprint density at radius 2 is 1.26 bits per heavy atom. The Kier molecular flexibility index (Phi) is 14.8. The van der Waals surface area contributed by atoms with Gasteiger partial charge in [0.05, 0.1) is 68.4 Å². The van der Waals surface area contributed by atoms with Crippen molar-refractivity contribution in [1.82, 2.24) is 19.8 Å². The lowest BCUT2D eigenvalue weighted by molar-refractivity contribution is -0.148. The average Bonchev–Trinajstić information content (AvgIpc) is 4.16. The van der Waals surface area contributed by atoms with Crippen molar-refractivity contribution in [3.63, 3.8) is 0 Å². The molecule has 2 saturated heterocycles. The summed E-state index contributed by atoms with van der Waals surface area (Å²) in [6.45, 7) is 8.92. The van der Waals surface area contributed by atoms with E-state index in [9.17, 15) is 32.3 Å². The highest BCUT2D eigenvalue weighted by molar-refractivity contribution is 6.03. The lowest BCUT2D eigenvalue weighted by Crippen LogP contribution is -2.45. The van der Waals surface area contributed by atoms with Crippen LogP contribution in [-0.2, 0) is 34.8 Å². The molecule has 348 valence electrons. The van der Waals surface area contributed by atoms with Gasteiger partial charge < -0.3 is 24.3 Å². The number of methoxy groups -OCH3 is 2. The van der Waals surface area contributed by atoms with Crippen molar-refractivity contribution in [2.45, 2.75) is 90.9 Å². The molecule has 0 bridgehead atoms. The standard InChI is InChI=1S/C52H58F3N5O6/c1-31(2)40(27-47(61)65-5)50(63)59-23-7-9-45(59)43-26-38(29-56-43)34-15-17-35(18-16-34)42(36-19-21-39(22-20-36)52(53,54)55)25-33-11-13-37(14-12-33)44-30-57-49(58-44)46-10-8-24-60(46)51(64)41(32(3)4)28-48(62)66-6/h11-22,25,29-32,40-41,45-46H,7-10,23-24,26-28H2,1-6H3,(H,57,58)/t40-,41-,45-,46-/m0/s1. The number of imidazole rings is 1. The maximum absolute atomic E-state index is 13.8. The van der Waals surface area contributed by atoms with E-state index in [2.05, 4.69) is 9.97 Å². The maximum atomic E-state index is 13.8. The lowest BCUT2D eigenvalue weighted by atomic mass is 9.90. The molecule has 66 heavy (non-hydrogen) atoms. The van der Waals surface area contributed by atoms with Crippen molar-refractivity contribution < 1.29 is 41.8 Å². The molecule has 3 aliphatic heterocycles. The number of carbonyl (C=O) groups excluding carboxylic acids is 4. The first-order valence-corrected chi connectivity index (χ1v) is 22.7. The van der Waals surface area contributed by atoms with Crippen LogP contribution in [-0.4, -0.2) is 82.6 Å². The third-order valence-electron chi connectivity index (χ3n) is 13.2. The quantitative estimate of drug-likeness (QED) is 0.0927. The minimum atomic E-state index is -4.48. The molecule has 0 spiro atoms.